The number of hydrogen-bond acceptors (Lipinski definition) is 3. The van der Waals surface area contributed by atoms with E-state index in [4.69, 9.17) is 0 Å². The molecule has 1 aromatic carbocycles. The first-order valence-corrected chi connectivity index (χ1v) is 11.2. The van der Waals surface area contributed by atoms with Gasteiger partial charge in [0.1, 0.15) is 0 Å². The van der Waals surface area contributed by atoms with Crippen molar-refractivity contribution < 1.29 is 14.4 Å². The predicted molar refractivity (Wildman–Crippen MR) is 116 cm³/mol. The molecule has 1 aromatic rings. The summed E-state index contributed by atoms with van der Waals surface area (Å²) in [6.45, 7) is 6.20. The predicted octanol–water partition coefficient (Wildman–Crippen LogP) is 2.18. The van der Waals surface area contributed by atoms with Crippen LogP contribution in [0.5, 0.6) is 0 Å². The lowest BCUT2D eigenvalue weighted by Gasteiger charge is -2.34. The van der Waals surface area contributed by atoms with E-state index >= 15 is 0 Å². The molecule has 7 nitrogen and oxygen atoms in total. The summed E-state index contributed by atoms with van der Waals surface area (Å²) in [4.78, 5) is 42.7. The Bertz CT molecular complexity index is 718. The molecule has 0 atom stereocenters. The molecule has 3 rings (SSSR count). The van der Waals surface area contributed by atoms with Crippen LogP contribution in [0.1, 0.15) is 43.2 Å². The van der Waals surface area contributed by atoms with Crippen molar-refractivity contribution >= 4 is 17.8 Å². The third kappa shape index (κ3) is 6.47. The molecule has 0 bridgehead atoms. The van der Waals surface area contributed by atoms with Crippen molar-refractivity contribution in [2.24, 2.45) is 0 Å². The summed E-state index contributed by atoms with van der Waals surface area (Å²) in [5, 5.41) is 2.86. The number of aryl methyl sites for hydroxylation is 1. The monoisotopic (exact) mass is 414 g/mol. The van der Waals surface area contributed by atoms with Crippen LogP contribution in [0.3, 0.4) is 0 Å². The highest BCUT2D eigenvalue weighted by molar-refractivity contribution is 5.80. The highest BCUT2D eigenvalue weighted by atomic mass is 16.2. The molecule has 2 aliphatic heterocycles. The first kappa shape index (κ1) is 22.1. The highest BCUT2D eigenvalue weighted by Gasteiger charge is 2.24. The van der Waals surface area contributed by atoms with Gasteiger partial charge in [0.2, 0.25) is 11.8 Å². The van der Waals surface area contributed by atoms with E-state index in [1.807, 2.05) is 41.0 Å². The van der Waals surface area contributed by atoms with Crippen molar-refractivity contribution in [1.82, 2.24) is 20.0 Å². The fourth-order valence-corrected chi connectivity index (χ4v) is 4.02. The molecule has 0 unspecified atom stereocenters. The van der Waals surface area contributed by atoms with E-state index in [2.05, 4.69) is 5.32 Å². The minimum absolute atomic E-state index is 0.0990. The number of hydrogen-bond donors (Lipinski definition) is 1. The zero-order valence-corrected chi connectivity index (χ0v) is 18.1. The van der Waals surface area contributed by atoms with Crippen LogP contribution < -0.4 is 5.32 Å². The molecule has 0 radical (unpaired) electrons. The Hall–Kier alpha value is -2.57. The van der Waals surface area contributed by atoms with Gasteiger partial charge in [-0.05, 0) is 25.3 Å². The van der Waals surface area contributed by atoms with Gasteiger partial charge in [-0.15, -0.1) is 0 Å². The maximum atomic E-state index is 12.5. The maximum Gasteiger partial charge on any atom is 0.317 e. The SMILES string of the molecule is Cc1ccc(CC(=O)N2CCN(C(=O)NCCC(=O)N3CCCCCC3)CC2)cc1. The summed E-state index contributed by atoms with van der Waals surface area (Å²) in [5.41, 5.74) is 2.19. The Balaban J connectivity index is 1.35. The van der Waals surface area contributed by atoms with Crippen molar-refractivity contribution in [3.8, 4) is 0 Å². The topological polar surface area (TPSA) is 73.0 Å². The molecule has 7 heteroatoms. The average molecular weight is 415 g/mol. The van der Waals surface area contributed by atoms with Gasteiger partial charge >= 0.3 is 6.03 Å². The van der Waals surface area contributed by atoms with Crippen LogP contribution in [0.15, 0.2) is 24.3 Å². The van der Waals surface area contributed by atoms with Gasteiger partial charge in [-0.25, -0.2) is 4.79 Å². The fourth-order valence-electron chi connectivity index (χ4n) is 4.02. The first-order chi connectivity index (χ1) is 14.5. The summed E-state index contributed by atoms with van der Waals surface area (Å²) >= 11 is 0. The van der Waals surface area contributed by atoms with E-state index in [1.165, 1.54) is 18.4 Å². The molecule has 2 saturated heterocycles. The third-order valence-corrected chi connectivity index (χ3v) is 5.97. The fraction of sp³-hybridized carbons (Fsp3) is 0.609. The van der Waals surface area contributed by atoms with Gasteiger partial charge in [0, 0.05) is 52.2 Å². The van der Waals surface area contributed by atoms with Crippen molar-refractivity contribution in [2.75, 3.05) is 45.8 Å². The van der Waals surface area contributed by atoms with Gasteiger partial charge < -0.3 is 20.0 Å². The molecular weight excluding hydrogens is 380 g/mol. The smallest absolute Gasteiger partial charge is 0.317 e. The second-order valence-corrected chi connectivity index (χ2v) is 8.31. The van der Waals surface area contributed by atoms with E-state index in [1.54, 1.807) is 4.90 Å². The number of carbonyl (C=O) groups excluding carboxylic acids is 3. The number of nitrogens with zero attached hydrogens (tertiary/aromatic N) is 3. The van der Waals surface area contributed by atoms with Crippen LogP contribution in [0.4, 0.5) is 4.79 Å². The van der Waals surface area contributed by atoms with E-state index in [0.717, 1.165) is 31.5 Å². The highest BCUT2D eigenvalue weighted by Crippen LogP contribution is 2.11. The molecule has 164 valence electrons. The van der Waals surface area contributed by atoms with Crippen LogP contribution in [0, 0.1) is 6.92 Å². The third-order valence-electron chi connectivity index (χ3n) is 5.97. The van der Waals surface area contributed by atoms with Crippen LogP contribution >= 0.6 is 0 Å². The Morgan fingerprint density at radius 1 is 0.767 bits per heavy atom. The van der Waals surface area contributed by atoms with E-state index in [9.17, 15) is 14.4 Å². The molecule has 0 saturated carbocycles. The molecule has 2 aliphatic rings. The van der Waals surface area contributed by atoms with E-state index in [-0.39, 0.29) is 17.8 Å². The number of amides is 4. The zero-order valence-electron chi connectivity index (χ0n) is 18.1. The van der Waals surface area contributed by atoms with Crippen LogP contribution in [0.25, 0.3) is 0 Å². The molecule has 1 N–H and O–H groups in total. The van der Waals surface area contributed by atoms with E-state index in [0.29, 0.717) is 45.6 Å². The summed E-state index contributed by atoms with van der Waals surface area (Å²) in [5.74, 6) is 0.227. The Kier molecular flexibility index (Phi) is 8.11. The van der Waals surface area contributed by atoms with E-state index < -0.39 is 0 Å². The van der Waals surface area contributed by atoms with Crippen LogP contribution in [-0.2, 0) is 16.0 Å². The molecule has 2 heterocycles. The Morgan fingerprint density at radius 3 is 1.97 bits per heavy atom. The van der Waals surface area contributed by atoms with Crippen LogP contribution in [0.2, 0.25) is 0 Å². The Morgan fingerprint density at radius 2 is 1.33 bits per heavy atom. The van der Waals surface area contributed by atoms with Gasteiger partial charge in [0.25, 0.3) is 0 Å². The lowest BCUT2D eigenvalue weighted by molar-refractivity contribution is -0.132. The number of piperazine rings is 1. The number of rotatable bonds is 5. The lowest BCUT2D eigenvalue weighted by atomic mass is 10.1. The summed E-state index contributed by atoms with van der Waals surface area (Å²) in [6.07, 6.45) is 5.28. The maximum absolute atomic E-state index is 12.5. The van der Waals surface area contributed by atoms with Gasteiger partial charge in [-0.2, -0.15) is 0 Å². The minimum atomic E-state index is -0.149. The number of benzene rings is 1. The second kappa shape index (κ2) is 11.0. The van der Waals surface area contributed by atoms with Gasteiger partial charge in [-0.3, -0.25) is 9.59 Å². The molecule has 2 fully saturated rings. The minimum Gasteiger partial charge on any atom is -0.343 e. The summed E-state index contributed by atoms with van der Waals surface area (Å²) in [7, 11) is 0. The summed E-state index contributed by atoms with van der Waals surface area (Å²) < 4.78 is 0. The molecule has 0 aliphatic carbocycles. The molecule has 30 heavy (non-hydrogen) atoms. The van der Waals surface area contributed by atoms with Gasteiger partial charge in [0.15, 0.2) is 0 Å². The molecule has 0 aromatic heterocycles. The quantitative estimate of drug-likeness (QED) is 0.803. The Labute approximate surface area is 179 Å². The van der Waals surface area contributed by atoms with Gasteiger partial charge in [-0.1, -0.05) is 42.7 Å². The number of nitrogens with one attached hydrogen (secondary N) is 1. The van der Waals surface area contributed by atoms with Crippen molar-refractivity contribution in [3.63, 3.8) is 0 Å². The normalized spacial score (nSPS) is 17.4. The molecule has 0 spiro atoms. The zero-order chi connectivity index (χ0) is 21.3. The summed E-state index contributed by atoms with van der Waals surface area (Å²) in [6, 6.07) is 7.86. The first-order valence-electron chi connectivity index (χ1n) is 11.2. The average Bonchev–Trinajstić information content (AvgIpc) is 3.05. The number of likely N-dealkylation sites (tertiary alicyclic amines) is 1. The van der Waals surface area contributed by atoms with Crippen molar-refractivity contribution in [2.45, 2.75) is 45.4 Å². The largest absolute Gasteiger partial charge is 0.343 e. The second-order valence-electron chi connectivity index (χ2n) is 8.31. The van der Waals surface area contributed by atoms with Crippen molar-refractivity contribution in [3.05, 3.63) is 35.4 Å². The molecule has 4 amide bonds. The molecular formula is C23H34N4O3. The lowest BCUT2D eigenvalue weighted by Crippen LogP contribution is -2.53. The number of urea groups is 1. The number of carbonyl (C=O) groups is 3. The standard InChI is InChI=1S/C23H34N4O3/c1-19-6-8-20(9-7-19)18-22(29)26-14-16-27(17-15-26)23(30)24-11-10-21(28)25-12-4-2-3-5-13-25/h6-9H,2-5,10-18H2,1H3,(H,24,30). The van der Waals surface area contributed by atoms with Crippen LogP contribution in [-0.4, -0.2) is 78.4 Å². The van der Waals surface area contributed by atoms with Gasteiger partial charge in [0.05, 0.1) is 6.42 Å². The van der Waals surface area contributed by atoms with Crippen molar-refractivity contribution in [1.29, 1.82) is 0 Å².